The van der Waals surface area contributed by atoms with Crippen molar-refractivity contribution in [2.45, 2.75) is 109 Å². The molecule has 0 radical (unpaired) electrons. The van der Waals surface area contributed by atoms with Gasteiger partial charge in [0.05, 0.1) is 18.6 Å². The zero-order chi connectivity index (χ0) is 29.9. The first kappa shape index (κ1) is 33.5. The molecular formula is C34H52O6Si. The van der Waals surface area contributed by atoms with Gasteiger partial charge in [-0.05, 0) is 47.0 Å². The number of hydrogen-bond donors (Lipinski definition) is 0. The fourth-order valence-corrected chi connectivity index (χ4v) is 11.1. The number of carbonyl (C=O) groups is 1. The molecule has 2 aromatic rings. The first-order valence-electron chi connectivity index (χ1n) is 15.2. The number of ether oxygens (including phenoxy) is 4. The van der Waals surface area contributed by atoms with E-state index in [0.29, 0.717) is 12.3 Å². The summed E-state index contributed by atoms with van der Waals surface area (Å²) < 4.78 is 30.0. The Morgan fingerprint density at radius 1 is 0.951 bits per heavy atom. The van der Waals surface area contributed by atoms with Crippen molar-refractivity contribution in [3.8, 4) is 0 Å². The van der Waals surface area contributed by atoms with Crippen molar-refractivity contribution in [1.82, 2.24) is 0 Å². The van der Waals surface area contributed by atoms with Crippen LogP contribution < -0.4 is 10.4 Å². The highest BCUT2D eigenvalue weighted by Crippen LogP contribution is 2.39. The zero-order valence-electron chi connectivity index (χ0n) is 26.3. The van der Waals surface area contributed by atoms with Crippen LogP contribution in [0.1, 0.15) is 79.6 Å². The molecule has 3 rings (SSSR count). The monoisotopic (exact) mass is 584 g/mol. The molecule has 1 aliphatic rings. The molecule has 0 N–H and O–H groups in total. The highest BCUT2D eigenvalue weighted by Gasteiger charge is 2.51. The van der Waals surface area contributed by atoms with Crippen molar-refractivity contribution in [3.05, 3.63) is 60.7 Å². The lowest BCUT2D eigenvalue weighted by Gasteiger charge is -2.45. The largest absolute Gasteiger partial charge is 0.462 e. The Kier molecular flexibility index (Phi) is 13.1. The van der Waals surface area contributed by atoms with Crippen LogP contribution in [0.15, 0.2) is 60.7 Å². The van der Waals surface area contributed by atoms with Gasteiger partial charge in [-0.2, -0.15) is 0 Å². The molecule has 7 heteroatoms. The first-order chi connectivity index (χ1) is 19.6. The molecule has 0 saturated carbocycles. The lowest BCUT2D eigenvalue weighted by atomic mass is 9.91. The van der Waals surface area contributed by atoms with E-state index in [1.54, 1.807) is 14.2 Å². The fourth-order valence-electron chi connectivity index (χ4n) is 6.34. The highest BCUT2D eigenvalue weighted by molar-refractivity contribution is 6.99. The second kappa shape index (κ2) is 16.0. The topological polar surface area (TPSA) is 63.2 Å². The Labute approximate surface area is 249 Å². The molecule has 1 aliphatic heterocycles. The highest BCUT2D eigenvalue weighted by atomic mass is 28.4. The maximum Gasteiger partial charge on any atom is 0.308 e. The van der Waals surface area contributed by atoms with Crippen LogP contribution in [0, 0.1) is 5.92 Å². The summed E-state index contributed by atoms with van der Waals surface area (Å²) in [6, 6.07) is 21.7. The molecule has 5 atom stereocenters. The summed E-state index contributed by atoms with van der Waals surface area (Å²) in [6.07, 6.45) is 5.27. The molecule has 1 heterocycles. The Hall–Kier alpha value is -2.03. The Bertz CT molecular complexity index is 985. The lowest BCUT2D eigenvalue weighted by molar-refractivity contribution is -0.170. The normalized spacial score (nSPS) is 20.3. The van der Waals surface area contributed by atoms with Crippen LogP contribution in [-0.4, -0.2) is 59.7 Å². The molecule has 41 heavy (non-hydrogen) atoms. The van der Waals surface area contributed by atoms with Crippen LogP contribution in [0.3, 0.4) is 0 Å². The number of methoxy groups -OCH3 is 2. The van der Waals surface area contributed by atoms with Crippen molar-refractivity contribution in [2.75, 3.05) is 21.0 Å². The van der Waals surface area contributed by atoms with E-state index in [-0.39, 0.29) is 48.6 Å². The SMILES string of the molecule is CCC[C@H](C[C@@H](C[C@@H](C)C[C@H]1C[C@H](OCOC)CC(=O)O1)OC)O[Si](c1ccccc1)(c1ccccc1)C(C)(C)C. The van der Waals surface area contributed by atoms with Crippen LogP contribution in [0.4, 0.5) is 0 Å². The first-order valence-corrected chi connectivity index (χ1v) is 17.1. The number of rotatable bonds is 16. The summed E-state index contributed by atoms with van der Waals surface area (Å²) in [4.78, 5) is 12.2. The summed E-state index contributed by atoms with van der Waals surface area (Å²) in [7, 11) is 0.728. The van der Waals surface area contributed by atoms with Gasteiger partial charge in [0.2, 0.25) is 0 Å². The molecule has 0 unspecified atom stereocenters. The summed E-state index contributed by atoms with van der Waals surface area (Å²) in [6.45, 7) is 11.6. The third-order valence-corrected chi connectivity index (χ3v) is 13.3. The van der Waals surface area contributed by atoms with Crippen molar-refractivity contribution < 1.29 is 28.2 Å². The van der Waals surface area contributed by atoms with Gasteiger partial charge < -0.3 is 23.4 Å². The maximum absolute atomic E-state index is 12.2. The van der Waals surface area contributed by atoms with Gasteiger partial charge in [0.15, 0.2) is 0 Å². The van der Waals surface area contributed by atoms with Gasteiger partial charge in [0, 0.05) is 26.7 Å². The second-order valence-electron chi connectivity index (χ2n) is 12.6. The van der Waals surface area contributed by atoms with E-state index in [2.05, 4.69) is 95.3 Å². The van der Waals surface area contributed by atoms with E-state index in [0.717, 1.165) is 32.1 Å². The third-order valence-electron chi connectivity index (χ3n) is 8.20. The predicted molar refractivity (Wildman–Crippen MR) is 167 cm³/mol. The molecule has 0 spiro atoms. The standard InChI is InChI=1S/C34H52O6Si/c1-8-15-27(22-28(37-7)20-26(2)21-30-23-29(38-25-36-6)24-33(35)39-30)40-41(34(3,4)5,31-16-11-9-12-17-31)32-18-13-10-14-19-32/h9-14,16-19,26-30H,8,15,20-25H2,1-7H3/t26-,27-,28-,29+,30+/m1/s1. The van der Waals surface area contributed by atoms with E-state index in [4.69, 9.17) is 23.4 Å². The number of hydrogen-bond acceptors (Lipinski definition) is 6. The molecule has 6 nitrogen and oxygen atoms in total. The average Bonchev–Trinajstić information content (AvgIpc) is 2.94. The van der Waals surface area contributed by atoms with Crippen molar-refractivity contribution in [3.63, 3.8) is 0 Å². The van der Waals surface area contributed by atoms with Crippen LogP contribution in [0.5, 0.6) is 0 Å². The fraction of sp³-hybridized carbons (Fsp3) is 0.618. The van der Waals surface area contributed by atoms with E-state index in [9.17, 15) is 4.79 Å². The second-order valence-corrected chi connectivity index (χ2v) is 16.9. The van der Waals surface area contributed by atoms with E-state index >= 15 is 0 Å². The van der Waals surface area contributed by atoms with Crippen molar-refractivity contribution in [1.29, 1.82) is 0 Å². The Balaban J connectivity index is 1.78. The summed E-state index contributed by atoms with van der Waals surface area (Å²) in [5, 5.41) is 2.52. The molecule has 1 saturated heterocycles. The summed E-state index contributed by atoms with van der Waals surface area (Å²) in [5.41, 5.74) is 0. The number of cyclic esters (lactones) is 1. The molecule has 0 aliphatic carbocycles. The molecule has 0 aromatic heterocycles. The Morgan fingerprint density at radius 2 is 1.56 bits per heavy atom. The van der Waals surface area contributed by atoms with E-state index in [1.165, 1.54) is 10.4 Å². The van der Waals surface area contributed by atoms with Crippen molar-refractivity contribution in [2.24, 2.45) is 5.92 Å². The van der Waals surface area contributed by atoms with Crippen LogP contribution in [-0.2, 0) is 28.2 Å². The molecular weight excluding hydrogens is 532 g/mol. The van der Waals surface area contributed by atoms with Crippen LogP contribution >= 0.6 is 0 Å². The smallest absolute Gasteiger partial charge is 0.308 e. The van der Waals surface area contributed by atoms with Gasteiger partial charge in [-0.15, -0.1) is 0 Å². The maximum atomic E-state index is 12.2. The number of esters is 1. The minimum absolute atomic E-state index is 0.0413. The molecule has 2 aromatic carbocycles. The van der Waals surface area contributed by atoms with Gasteiger partial charge in [-0.25, -0.2) is 0 Å². The van der Waals surface area contributed by atoms with Gasteiger partial charge in [0.1, 0.15) is 12.9 Å². The number of benzene rings is 2. The van der Waals surface area contributed by atoms with E-state index < -0.39 is 8.32 Å². The summed E-state index contributed by atoms with van der Waals surface area (Å²) in [5.74, 6) is 0.119. The minimum Gasteiger partial charge on any atom is -0.462 e. The lowest BCUT2D eigenvalue weighted by Crippen LogP contribution is -2.67. The summed E-state index contributed by atoms with van der Waals surface area (Å²) >= 11 is 0. The van der Waals surface area contributed by atoms with E-state index in [1.807, 2.05) is 0 Å². The van der Waals surface area contributed by atoms with Gasteiger partial charge in [0.25, 0.3) is 8.32 Å². The third kappa shape index (κ3) is 9.22. The molecule has 1 fully saturated rings. The molecule has 0 bridgehead atoms. The van der Waals surface area contributed by atoms with Crippen LogP contribution in [0.25, 0.3) is 0 Å². The van der Waals surface area contributed by atoms with Crippen molar-refractivity contribution >= 4 is 24.7 Å². The van der Waals surface area contributed by atoms with Gasteiger partial charge in [-0.1, -0.05) is 102 Å². The van der Waals surface area contributed by atoms with Gasteiger partial charge in [-0.3, -0.25) is 4.79 Å². The zero-order valence-corrected chi connectivity index (χ0v) is 27.3. The molecule has 228 valence electrons. The Morgan fingerprint density at radius 3 is 2.07 bits per heavy atom. The van der Waals surface area contributed by atoms with Gasteiger partial charge >= 0.3 is 5.97 Å². The predicted octanol–water partition coefficient (Wildman–Crippen LogP) is 6.25. The average molecular weight is 585 g/mol. The number of carbonyl (C=O) groups excluding carboxylic acids is 1. The van der Waals surface area contributed by atoms with Crippen LogP contribution in [0.2, 0.25) is 5.04 Å². The minimum atomic E-state index is -2.67. The quantitative estimate of drug-likeness (QED) is 0.132. The molecule has 0 amide bonds.